The third-order valence-electron chi connectivity index (χ3n) is 4.28. The number of carbonyl (C=O) groups is 1. The van der Waals surface area contributed by atoms with Crippen LogP contribution < -0.4 is 11.1 Å². The van der Waals surface area contributed by atoms with Gasteiger partial charge in [0, 0.05) is 19.3 Å². The normalized spacial score (nSPS) is 17.6. The quantitative estimate of drug-likeness (QED) is 0.893. The number of halogens is 1. The van der Waals surface area contributed by atoms with E-state index in [1.54, 1.807) is 24.1 Å². The van der Waals surface area contributed by atoms with Gasteiger partial charge in [-0.3, -0.25) is 0 Å². The Balaban J connectivity index is 2.05. The summed E-state index contributed by atoms with van der Waals surface area (Å²) in [5.41, 5.74) is 6.26. The molecule has 5 heteroatoms. The number of anilines is 1. The van der Waals surface area contributed by atoms with Crippen molar-refractivity contribution in [3.05, 3.63) is 30.1 Å². The minimum Gasteiger partial charge on any atom is -0.328 e. The van der Waals surface area contributed by atoms with Crippen molar-refractivity contribution < 1.29 is 9.18 Å². The van der Waals surface area contributed by atoms with Crippen molar-refractivity contribution in [1.82, 2.24) is 4.90 Å². The highest BCUT2D eigenvalue weighted by molar-refractivity contribution is 5.89. The molecule has 110 valence electrons. The zero-order chi connectivity index (χ0) is 14.6. The molecule has 2 amide bonds. The van der Waals surface area contributed by atoms with E-state index in [4.69, 9.17) is 5.73 Å². The van der Waals surface area contributed by atoms with Crippen LogP contribution in [0.2, 0.25) is 0 Å². The second kappa shape index (κ2) is 6.22. The molecule has 0 aromatic heterocycles. The lowest BCUT2D eigenvalue weighted by Gasteiger charge is -2.43. The van der Waals surface area contributed by atoms with E-state index in [0.29, 0.717) is 12.2 Å². The van der Waals surface area contributed by atoms with E-state index < -0.39 is 0 Å². The maximum atomic E-state index is 12.8. The van der Waals surface area contributed by atoms with Crippen LogP contribution in [0.25, 0.3) is 0 Å². The first-order chi connectivity index (χ1) is 9.57. The summed E-state index contributed by atoms with van der Waals surface area (Å²) in [6.07, 6.45) is 5.29. The highest BCUT2D eigenvalue weighted by atomic mass is 19.1. The Labute approximate surface area is 119 Å². The summed E-state index contributed by atoms with van der Waals surface area (Å²) in [5, 5.41) is 2.79. The van der Waals surface area contributed by atoms with Crippen molar-refractivity contribution in [3.8, 4) is 0 Å². The Bertz CT molecular complexity index is 455. The number of nitrogens with one attached hydrogen (secondary N) is 1. The lowest BCUT2D eigenvalue weighted by atomic mass is 9.80. The molecule has 4 nitrogen and oxygen atoms in total. The van der Waals surface area contributed by atoms with E-state index in [9.17, 15) is 9.18 Å². The van der Waals surface area contributed by atoms with Crippen LogP contribution in [0, 0.1) is 5.82 Å². The van der Waals surface area contributed by atoms with Gasteiger partial charge in [-0.2, -0.15) is 0 Å². The standard InChI is InChI=1S/C15H22FN3O/c1-19(15(11-17)9-3-2-4-10-15)14(20)18-13-7-5-12(16)6-8-13/h5-8H,2-4,9-11,17H2,1H3,(H,18,20). The van der Waals surface area contributed by atoms with Gasteiger partial charge in [-0.05, 0) is 37.1 Å². The van der Waals surface area contributed by atoms with E-state index in [1.807, 2.05) is 0 Å². The first-order valence-corrected chi connectivity index (χ1v) is 7.08. The van der Waals surface area contributed by atoms with Gasteiger partial charge in [0.2, 0.25) is 0 Å². The van der Waals surface area contributed by atoms with E-state index in [1.165, 1.54) is 18.6 Å². The monoisotopic (exact) mass is 279 g/mol. The molecule has 0 saturated heterocycles. The van der Waals surface area contributed by atoms with Crippen molar-refractivity contribution >= 4 is 11.7 Å². The highest BCUT2D eigenvalue weighted by Crippen LogP contribution is 2.32. The van der Waals surface area contributed by atoms with Gasteiger partial charge >= 0.3 is 6.03 Å². The van der Waals surface area contributed by atoms with E-state index in [0.717, 1.165) is 25.7 Å². The molecule has 1 aliphatic rings. The lowest BCUT2D eigenvalue weighted by Crippen LogP contribution is -2.56. The SMILES string of the molecule is CN(C(=O)Nc1ccc(F)cc1)C1(CN)CCCCC1. The van der Waals surface area contributed by atoms with Crippen molar-refractivity contribution in [2.75, 3.05) is 18.9 Å². The number of benzene rings is 1. The van der Waals surface area contributed by atoms with Crippen LogP contribution in [0.5, 0.6) is 0 Å². The molecule has 0 aliphatic heterocycles. The molecule has 1 aromatic carbocycles. The number of urea groups is 1. The number of hydrogen-bond acceptors (Lipinski definition) is 2. The number of rotatable bonds is 3. The minimum absolute atomic E-state index is 0.191. The largest absolute Gasteiger partial charge is 0.328 e. The molecule has 0 unspecified atom stereocenters. The molecule has 1 aliphatic carbocycles. The average molecular weight is 279 g/mol. The van der Waals surface area contributed by atoms with Gasteiger partial charge in [-0.25, -0.2) is 9.18 Å². The third kappa shape index (κ3) is 3.10. The number of carbonyl (C=O) groups excluding carboxylic acids is 1. The fraction of sp³-hybridized carbons (Fsp3) is 0.533. The van der Waals surface area contributed by atoms with Crippen molar-refractivity contribution in [3.63, 3.8) is 0 Å². The van der Waals surface area contributed by atoms with Gasteiger partial charge in [0.15, 0.2) is 0 Å². The Kier molecular flexibility index (Phi) is 4.60. The van der Waals surface area contributed by atoms with E-state index in [-0.39, 0.29) is 17.4 Å². The molecule has 0 bridgehead atoms. The highest BCUT2D eigenvalue weighted by Gasteiger charge is 2.37. The Hall–Kier alpha value is -1.62. The van der Waals surface area contributed by atoms with Crippen molar-refractivity contribution in [2.45, 2.75) is 37.6 Å². The van der Waals surface area contributed by atoms with Gasteiger partial charge < -0.3 is 16.0 Å². The molecule has 1 fully saturated rings. The average Bonchev–Trinajstić information content (AvgIpc) is 2.49. The number of nitrogens with two attached hydrogens (primary N) is 1. The molecule has 0 spiro atoms. The van der Waals surface area contributed by atoms with Crippen LogP contribution in [-0.2, 0) is 0 Å². The third-order valence-corrected chi connectivity index (χ3v) is 4.28. The molecule has 1 aromatic rings. The molecule has 20 heavy (non-hydrogen) atoms. The summed E-state index contributed by atoms with van der Waals surface area (Å²) in [4.78, 5) is 14.0. The lowest BCUT2D eigenvalue weighted by molar-refractivity contribution is 0.112. The van der Waals surface area contributed by atoms with Gasteiger partial charge in [-0.1, -0.05) is 19.3 Å². The predicted molar refractivity (Wildman–Crippen MR) is 78.1 cm³/mol. The van der Waals surface area contributed by atoms with Crippen LogP contribution in [0.1, 0.15) is 32.1 Å². The summed E-state index contributed by atoms with van der Waals surface area (Å²) in [6.45, 7) is 0.473. The number of likely N-dealkylation sites (N-methyl/N-ethyl adjacent to an activating group) is 1. The molecule has 2 rings (SSSR count). The van der Waals surface area contributed by atoms with Crippen LogP contribution in [-0.4, -0.2) is 30.1 Å². The first kappa shape index (κ1) is 14.8. The number of hydrogen-bond donors (Lipinski definition) is 2. The summed E-state index contributed by atoms with van der Waals surface area (Å²) < 4.78 is 12.8. The molecular weight excluding hydrogens is 257 g/mol. The van der Waals surface area contributed by atoms with Gasteiger partial charge in [0.1, 0.15) is 5.82 Å². The van der Waals surface area contributed by atoms with Crippen LogP contribution in [0.4, 0.5) is 14.9 Å². The fourth-order valence-electron chi connectivity index (χ4n) is 2.84. The summed E-state index contributed by atoms with van der Waals surface area (Å²) in [6, 6.07) is 5.57. The van der Waals surface area contributed by atoms with Crippen molar-refractivity contribution in [1.29, 1.82) is 0 Å². The number of nitrogens with zero attached hydrogens (tertiary/aromatic N) is 1. The van der Waals surface area contributed by atoms with Gasteiger partial charge in [0.25, 0.3) is 0 Å². The van der Waals surface area contributed by atoms with Crippen molar-refractivity contribution in [2.24, 2.45) is 5.73 Å². The van der Waals surface area contributed by atoms with E-state index >= 15 is 0 Å². The zero-order valence-electron chi connectivity index (χ0n) is 11.9. The molecule has 0 atom stereocenters. The second-order valence-corrected chi connectivity index (χ2v) is 5.49. The van der Waals surface area contributed by atoms with Gasteiger partial charge in [0.05, 0.1) is 5.54 Å². The maximum Gasteiger partial charge on any atom is 0.322 e. The zero-order valence-corrected chi connectivity index (χ0v) is 11.9. The predicted octanol–water partition coefficient (Wildman–Crippen LogP) is 2.95. The first-order valence-electron chi connectivity index (χ1n) is 7.08. The van der Waals surface area contributed by atoms with E-state index in [2.05, 4.69) is 5.32 Å². The maximum absolute atomic E-state index is 12.8. The Morgan fingerprint density at radius 2 is 1.90 bits per heavy atom. The van der Waals surface area contributed by atoms with Crippen LogP contribution in [0.3, 0.4) is 0 Å². The smallest absolute Gasteiger partial charge is 0.322 e. The molecule has 3 N–H and O–H groups in total. The summed E-state index contributed by atoms with van der Waals surface area (Å²) >= 11 is 0. The Morgan fingerprint density at radius 3 is 2.45 bits per heavy atom. The van der Waals surface area contributed by atoms with Gasteiger partial charge in [-0.15, -0.1) is 0 Å². The fourth-order valence-corrected chi connectivity index (χ4v) is 2.84. The number of amides is 2. The van der Waals surface area contributed by atoms with Crippen LogP contribution in [0.15, 0.2) is 24.3 Å². The Morgan fingerprint density at radius 1 is 1.30 bits per heavy atom. The molecule has 1 saturated carbocycles. The minimum atomic E-state index is -0.318. The molecule has 0 heterocycles. The summed E-state index contributed by atoms with van der Waals surface area (Å²) in [7, 11) is 1.79. The topological polar surface area (TPSA) is 58.4 Å². The van der Waals surface area contributed by atoms with Crippen LogP contribution >= 0.6 is 0 Å². The molecular formula is C15H22FN3O. The summed E-state index contributed by atoms with van der Waals surface area (Å²) in [5.74, 6) is -0.318. The second-order valence-electron chi connectivity index (χ2n) is 5.49. The molecule has 0 radical (unpaired) electrons.